The number of Topliss-reactive ketones (excluding diaryl/α,β-unsaturated/α-hetero) is 1. The Morgan fingerprint density at radius 3 is 2.88 bits per heavy atom. The molecule has 2 unspecified atom stereocenters. The molecule has 1 heterocycles. The molecule has 0 amide bonds. The lowest BCUT2D eigenvalue weighted by molar-refractivity contribution is -0.000828. The van der Waals surface area contributed by atoms with Crippen LogP contribution >= 0.6 is 0 Å². The molecular formula is C12H14O4. The molecule has 1 N–H and O–H groups in total. The van der Waals surface area contributed by atoms with Crippen molar-refractivity contribution in [2.24, 2.45) is 0 Å². The molecule has 0 fully saturated rings. The lowest BCUT2D eigenvalue weighted by Gasteiger charge is -2.28. The summed E-state index contributed by atoms with van der Waals surface area (Å²) in [7, 11) is 0. The van der Waals surface area contributed by atoms with Gasteiger partial charge in [-0.05, 0) is 32.0 Å². The van der Waals surface area contributed by atoms with E-state index in [2.05, 4.69) is 0 Å². The number of benzene rings is 1. The van der Waals surface area contributed by atoms with Gasteiger partial charge in [0.15, 0.2) is 23.4 Å². The Morgan fingerprint density at radius 2 is 2.25 bits per heavy atom. The van der Waals surface area contributed by atoms with Gasteiger partial charge >= 0.3 is 0 Å². The van der Waals surface area contributed by atoms with Gasteiger partial charge in [-0.3, -0.25) is 4.79 Å². The number of hydrogen-bond acceptors (Lipinski definition) is 4. The van der Waals surface area contributed by atoms with Gasteiger partial charge in [-0.15, -0.1) is 0 Å². The van der Waals surface area contributed by atoms with Crippen LogP contribution in [-0.4, -0.2) is 29.7 Å². The van der Waals surface area contributed by atoms with Crippen LogP contribution in [0, 0.1) is 0 Å². The highest BCUT2D eigenvalue weighted by Gasteiger charge is 2.25. The van der Waals surface area contributed by atoms with Crippen LogP contribution in [0.25, 0.3) is 0 Å². The van der Waals surface area contributed by atoms with E-state index in [4.69, 9.17) is 9.47 Å². The van der Waals surface area contributed by atoms with Gasteiger partial charge in [-0.2, -0.15) is 0 Å². The number of rotatable bonds is 2. The van der Waals surface area contributed by atoms with Crippen LogP contribution in [0.1, 0.15) is 24.2 Å². The Bertz CT molecular complexity index is 411. The second-order valence-corrected chi connectivity index (χ2v) is 3.93. The van der Waals surface area contributed by atoms with E-state index in [0.29, 0.717) is 23.7 Å². The molecule has 1 aromatic carbocycles. The zero-order chi connectivity index (χ0) is 11.7. The third-order valence-electron chi connectivity index (χ3n) is 2.57. The molecule has 1 aromatic rings. The lowest BCUT2D eigenvalue weighted by atomic mass is 10.1. The van der Waals surface area contributed by atoms with Crippen molar-refractivity contribution < 1.29 is 19.4 Å². The van der Waals surface area contributed by atoms with Gasteiger partial charge in [0.25, 0.3) is 0 Å². The van der Waals surface area contributed by atoms with Crippen molar-refractivity contribution in [1.29, 1.82) is 0 Å². The topological polar surface area (TPSA) is 55.8 Å². The molecule has 0 spiro atoms. The van der Waals surface area contributed by atoms with Crippen LogP contribution in [0.3, 0.4) is 0 Å². The number of ether oxygens (including phenoxy) is 2. The molecule has 1 aliphatic heterocycles. The highest BCUT2D eigenvalue weighted by Crippen LogP contribution is 2.33. The van der Waals surface area contributed by atoms with Gasteiger partial charge in [-0.1, -0.05) is 0 Å². The molecule has 16 heavy (non-hydrogen) atoms. The predicted octanol–water partition coefficient (Wildman–Crippen LogP) is 1.41. The van der Waals surface area contributed by atoms with Crippen molar-refractivity contribution in [2.75, 3.05) is 6.61 Å². The van der Waals surface area contributed by atoms with E-state index < -0.39 is 6.10 Å². The number of carbonyl (C=O) groups is 1. The van der Waals surface area contributed by atoms with Gasteiger partial charge < -0.3 is 14.6 Å². The van der Waals surface area contributed by atoms with Crippen LogP contribution in [0.15, 0.2) is 18.2 Å². The Labute approximate surface area is 93.8 Å². The number of hydrogen-bond donors (Lipinski definition) is 1. The highest BCUT2D eigenvalue weighted by atomic mass is 16.6. The van der Waals surface area contributed by atoms with Gasteiger partial charge in [0.05, 0.1) is 6.10 Å². The summed E-state index contributed by atoms with van der Waals surface area (Å²) in [5.41, 5.74) is 0.595. The van der Waals surface area contributed by atoms with E-state index in [-0.39, 0.29) is 11.9 Å². The van der Waals surface area contributed by atoms with Crippen LogP contribution in [-0.2, 0) is 0 Å². The van der Waals surface area contributed by atoms with E-state index in [0.717, 1.165) is 0 Å². The van der Waals surface area contributed by atoms with E-state index in [1.807, 2.05) is 0 Å². The molecular weight excluding hydrogens is 208 g/mol. The SMILES string of the molecule is CC(=O)c1ccc2c(c1)OCC(C(C)O)O2. The first kappa shape index (κ1) is 11.0. The quantitative estimate of drug-likeness (QED) is 0.769. The number of carbonyl (C=O) groups excluding carboxylic acids is 1. The third kappa shape index (κ3) is 2.02. The molecule has 0 aliphatic carbocycles. The molecule has 4 nitrogen and oxygen atoms in total. The Morgan fingerprint density at radius 1 is 1.50 bits per heavy atom. The van der Waals surface area contributed by atoms with Gasteiger partial charge in [0.2, 0.25) is 0 Å². The van der Waals surface area contributed by atoms with Crippen LogP contribution in [0.4, 0.5) is 0 Å². The normalized spacial score (nSPS) is 20.3. The summed E-state index contributed by atoms with van der Waals surface area (Å²) in [4.78, 5) is 11.2. The number of fused-ring (bicyclic) bond motifs is 1. The van der Waals surface area contributed by atoms with E-state index in [9.17, 15) is 9.90 Å². The first-order chi connectivity index (χ1) is 7.58. The molecule has 1 aliphatic rings. The second-order valence-electron chi connectivity index (χ2n) is 3.93. The molecule has 86 valence electrons. The smallest absolute Gasteiger partial charge is 0.162 e. The molecule has 0 saturated carbocycles. The summed E-state index contributed by atoms with van der Waals surface area (Å²) in [5, 5.41) is 9.39. The second kappa shape index (κ2) is 4.14. The van der Waals surface area contributed by atoms with Crippen molar-refractivity contribution in [3.63, 3.8) is 0 Å². The van der Waals surface area contributed by atoms with E-state index in [1.54, 1.807) is 25.1 Å². The van der Waals surface area contributed by atoms with Crippen molar-refractivity contribution in [3.05, 3.63) is 23.8 Å². The van der Waals surface area contributed by atoms with Gasteiger partial charge in [0.1, 0.15) is 6.61 Å². The molecule has 2 atom stereocenters. The first-order valence-electron chi connectivity index (χ1n) is 5.20. The van der Waals surface area contributed by atoms with Crippen molar-refractivity contribution in [1.82, 2.24) is 0 Å². The zero-order valence-corrected chi connectivity index (χ0v) is 9.27. The van der Waals surface area contributed by atoms with Gasteiger partial charge in [0, 0.05) is 5.56 Å². The first-order valence-corrected chi connectivity index (χ1v) is 5.20. The summed E-state index contributed by atoms with van der Waals surface area (Å²) in [5.74, 6) is 1.12. The van der Waals surface area contributed by atoms with Crippen molar-refractivity contribution in [3.8, 4) is 11.5 Å². The summed E-state index contributed by atoms with van der Waals surface area (Å²) < 4.78 is 11.0. The standard InChI is InChI=1S/C12H14O4/c1-7(13)9-3-4-10-11(5-9)15-6-12(16-10)8(2)14/h3-5,8,12,14H,6H2,1-2H3. The maximum Gasteiger partial charge on any atom is 0.162 e. The average molecular weight is 222 g/mol. The summed E-state index contributed by atoms with van der Waals surface area (Å²) >= 11 is 0. The zero-order valence-electron chi connectivity index (χ0n) is 9.27. The summed E-state index contributed by atoms with van der Waals surface area (Å²) in [6.07, 6.45) is -0.934. The molecule has 4 heteroatoms. The van der Waals surface area contributed by atoms with Gasteiger partial charge in [-0.25, -0.2) is 0 Å². The minimum Gasteiger partial charge on any atom is -0.486 e. The number of ketones is 1. The predicted molar refractivity (Wildman–Crippen MR) is 58.0 cm³/mol. The number of aliphatic hydroxyl groups is 1. The van der Waals surface area contributed by atoms with Crippen LogP contribution in [0.5, 0.6) is 11.5 Å². The molecule has 0 bridgehead atoms. The largest absolute Gasteiger partial charge is 0.486 e. The minimum atomic E-state index is -0.583. The van der Waals surface area contributed by atoms with Crippen molar-refractivity contribution >= 4 is 5.78 Å². The summed E-state index contributed by atoms with van der Waals surface area (Å²) in [6.45, 7) is 3.46. The van der Waals surface area contributed by atoms with Crippen molar-refractivity contribution in [2.45, 2.75) is 26.1 Å². The highest BCUT2D eigenvalue weighted by molar-refractivity contribution is 5.94. The Hall–Kier alpha value is -1.55. The van der Waals surface area contributed by atoms with Crippen LogP contribution in [0.2, 0.25) is 0 Å². The van der Waals surface area contributed by atoms with E-state index >= 15 is 0 Å². The van der Waals surface area contributed by atoms with Crippen LogP contribution < -0.4 is 9.47 Å². The Kier molecular flexibility index (Phi) is 2.83. The van der Waals surface area contributed by atoms with E-state index in [1.165, 1.54) is 6.92 Å². The summed E-state index contributed by atoms with van der Waals surface area (Å²) in [6, 6.07) is 5.05. The minimum absolute atomic E-state index is 0.0101. The molecule has 0 saturated heterocycles. The number of aliphatic hydroxyl groups excluding tert-OH is 1. The fraction of sp³-hybridized carbons (Fsp3) is 0.417. The fourth-order valence-corrected chi connectivity index (χ4v) is 1.54. The third-order valence-corrected chi connectivity index (χ3v) is 2.57. The maximum absolute atomic E-state index is 11.2. The molecule has 0 radical (unpaired) electrons. The average Bonchev–Trinajstić information content (AvgIpc) is 2.27. The maximum atomic E-state index is 11.2. The lowest BCUT2D eigenvalue weighted by Crippen LogP contribution is -2.38. The molecule has 0 aromatic heterocycles. The molecule has 2 rings (SSSR count). The fourth-order valence-electron chi connectivity index (χ4n) is 1.54. The monoisotopic (exact) mass is 222 g/mol. The Balaban J connectivity index is 2.25.